The third-order valence-electron chi connectivity index (χ3n) is 2.10. The fourth-order valence-corrected chi connectivity index (χ4v) is 1.50. The number of nitrogen functional groups attached to an aromatic ring is 1. The lowest BCUT2D eigenvalue weighted by Gasteiger charge is -2.08. The first kappa shape index (κ1) is 10.8. The first-order valence-corrected chi connectivity index (χ1v) is 5.21. The predicted octanol–water partition coefficient (Wildman–Crippen LogP) is 2.90. The van der Waals surface area contributed by atoms with E-state index < -0.39 is 0 Å². The van der Waals surface area contributed by atoms with E-state index in [0.717, 1.165) is 5.56 Å². The number of nitrogens with two attached hydrogens (primary N) is 1. The molecule has 2 rings (SSSR count). The molecule has 2 aromatic rings. The van der Waals surface area contributed by atoms with E-state index in [9.17, 15) is 0 Å². The van der Waals surface area contributed by atoms with Crippen molar-refractivity contribution in [2.24, 2.45) is 0 Å². The molecule has 0 radical (unpaired) electrons. The zero-order valence-electron chi connectivity index (χ0n) is 8.56. The first-order chi connectivity index (χ1) is 7.75. The highest BCUT2D eigenvalue weighted by Crippen LogP contribution is 2.21. The number of benzene rings is 1. The number of aromatic nitrogens is 1. The second kappa shape index (κ2) is 4.86. The zero-order chi connectivity index (χ0) is 11.4. The Balaban J connectivity index is 2.05. The normalized spacial score (nSPS) is 10.1. The van der Waals surface area contributed by atoms with Crippen molar-refractivity contribution in [3.05, 3.63) is 53.3 Å². The van der Waals surface area contributed by atoms with Crippen molar-refractivity contribution in [2.45, 2.75) is 6.61 Å². The smallest absolute Gasteiger partial charge is 0.142 e. The van der Waals surface area contributed by atoms with E-state index in [-0.39, 0.29) is 0 Å². The summed E-state index contributed by atoms with van der Waals surface area (Å²) >= 11 is 5.77. The van der Waals surface area contributed by atoms with Gasteiger partial charge in [0.1, 0.15) is 17.5 Å². The van der Waals surface area contributed by atoms with Crippen LogP contribution in [0.4, 0.5) is 5.69 Å². The molecule has 3 nitrogen and oxygen atoms in total. The topological polar surface area (TPSA) is 48.1 Å². The summed E-state index contributed by atoms with van der Waals surface area (Å²) in [6, 6.07) is 11.0. The summed E-state index contributed by atoms with van der Waals surface area (Å²) < 4.78 is 5.57. The molecule has 16 heavy (non-hydrogen) atoms. The molecule has 0 unspecified atom stereocenters. The molecular weight excluding hydrogens is 224 g/mol. The SMILES string of the molecule is Nc1ccccc1OCc1ccnc(Cl)c1. The van der Waals surface area contributed by atoms with Gasteiger partial charge in [-0.2, -0.15) is 0 Å². The highest BCUT2D eigenvalue weighted by molar-refractivity contribution is 6.29. The van der Waals surface area contributed by atoms with Gasteiger partial charge in [-0.1, -0.05) is 23.7 Å². The van der Waals surface area contributed by atoms with E-state index in [1.165, 1.54) is 0 Å². The Kier molecular flexibility index (Phi) is 3.27. The molecule has 0 aliphatic carbocycles. The number of para-hydroxylation sites is 2. The van der Waals surface area contributed by atoms with Gasteiger partial charge in [-0.3, -0.25) is 0 Å². The van der Waals surface area contributed by atoms with Crippen LogP contribution >= 0.6 is 11.6 Å². The number of ether oxygens (including phenoxy) is 1. The van der Waals surface area contributed by atoms with Crippen molar-refractivity contribution < 1.29 is 4.74 Å². The van der Waals surface area contributed by atoms with E-state index in [2.05, 4.69) is 4.98 Å². The average Bonchev–Trinajstić information content (AvgIpc) is 2.28. The summed E-state index contributed by atoms with van der Waals surface area (Å²) in [5, 5.41) is 0.460. The second-order valence-electron chi connectivity index (χ2n) is 3.31. The number of halogens is 1. The van der Waals surface area contributed by atoms with Crippen molar-refractivity contribution in [1.29, 1.82) is 0 Å². The maximum Gasteiger partial charge on any atom is 0.142 e. The largest absolute Gasteiger partial charge is 0.487 e. The molecule has 2 N–H and O–H groups in total. The lowest BCUT2D eigenvalue weighted by atomic mass is 10.3. The maximum absolute atomic E-state index is 5.77. The molecule has 1 aromatic heterocycles. The van der Waals surface area contributed by atoms with Crippen LogP contribution in [-0.2, 0) is 6.61 Å². The Morgan fingerprint density at radius 1 is 1.25 bits per heavy atom. The van der Waals surface area contributed by atoms with Crippen LogP contribution < -0.4 is 10.5 Å². The van der Waals surface area contributed by atoms with Crippen LogP contribution in [0.5, 0.6) is 5.75 Å². The standard InChI is InChI=1S/C12H11ClN2O/c13-12-7-9(5-6-15-12)8-16-11-4-2-1-3-10(11)14/h1-7H,8,14H2. The van der Waals surface area contributed by atoms with Gasteiger partial charge < -0.3 is 10.5 Å². The van der Waals surface area contributed by atoms with Gasteiger partial charge in [-0.25, -0.2) is 4.98 Å². The van der Waals surface area contributed by atoms with Crippen LogP contribution in [0.15, 0.2) is 42.6 Å². The molecular formula is C12H11ClN2O. The number of rotatable bonds is 3. The number of pyridine rings is 1. The summed E-state index contributed by atoms with van der Waals surface area (Å²) in [7, 11) is 0. The monoisotopic (exact) mass is 234 g/mol. The van der Waals surface area contributed by atoms with Crippen LogP contribution in [0.25, 0.3) is 0 Å². The molecule has 1 heterocycles. The van der Waals surface area contributed by atoms with E-state index in [4.69, 9.17) is 22.1 Å². The summed E-state index contributed by atoms with van der Waals surface area (Å²) in [4.78, 5) is 3.90. The second-order valence-corrected chi connectivity index (χ2v) is 3.70. The highest BCUT2D eigenvalue weighted by Gasteiger charge is 2.00. The molecule has 4 heteroatoms. The van der Waals surface area contributed by atoms with Crippen LogP contribution in [0, 0.1) is 0 Å². The fraction of sp³-hybridized carbons (Fsp3) is 0.0833. The predicted molar refractivity (Wildman–Crippen MR) is 64.4 cm³/mol. The van der Waals surface area contributed by atoms with Crippen LogP contribution in [0.1, 0.15) is 5.56 Å². The van der Waals surface area contributed by atoms with E-state index >= 15 is 0 Å². The van der Waals surface area contributed by atoms with Crippen LogP contribution in [-0.4, -0.2) is 4.98 Å². The number of anilines is 1. The maximum atomic E-state index is 5.77. The molecule has 1 aromatic carbocycles. The molecule has 82 valence electrons. The summed E-state index contributed by atoms with van der Waals surface area (Å²) in [6.07, 6.45) is 1.65. The number of hydrogen-bond acceptors (Lipinski definition) is 3. The lowest BCUT2D eigenvalue weighted by Crippen LogP contribution is -1.98. The van der Waals surface area contributed by atoms with E-state index in [1.807, 2.05) is 24.3 Å². The molecule has 0 bridgehead atoms. The van der Waals surface area contributed by atoms with E-state index in [0.29, 0.717) is 23.2 Å². The molecule has 0 aliphatic rings. The first-order valence-electron chi connectivity index (χ1n) is 4.83. The Hall–Kier alpha value is -1.74. The van der Waals surface area contributed by atoms with Gasteiger partial charge in [0.05, 0.1) is 5.69 Å². The van der Waals surface area contributed by atoms with Gasteiger partial charge in [0, 0.05) is 6.20 Å². The highest BCUT2D eigenvalue weighted by atomic mass is 35.5. The van der Waals surface area contributed by atoms with Gasteiger partial charge in [-0.15, -0.1) is 0 Å². The molecule has 0 amide bonds. The fourth-order valence-electron chi connectivity index (χ4n) is 1.31. The Bertz CT molecular complexity index is 488. The minimum absolute atomic E-state index is 0.427. The molecule has 0 aliphatic heterocycles. The minimum atomic E-state index is 0.427. The quantitative estimate of drug-likeness (QED) is 0.656. The summed E-state index contributed by atoms with van der Waals surface area (Å²) in [6.45, 7) is 0.427. The van der Waals surface area contributed by atoms with Crippen molar-refractivity contribution in [3.63, 3.8) is 0 Å². The van der Waals surface area contributed by atoms with Crippen LogP contribution in [0.2, 0.25) is 5.15 Å². The Labute approximate surface area is 98.8 Å². The van der Waals surface area contributed by atoms with Crippen molar-refractivity contribution in [2.75, 3.05) is 5.73 Å². The summed E-state index contributed by atoms with van der Waals surface area (Å²) in [5.41, 5.74) is 7.34. The average molecular weight is 235 g/mol. The van der Waals surface area contributed by atoms with Crippen LogP contribution in [0.3, 0.4) is 0 Å². The number of nitrogens with zero attached hydrogens (tertiary/aromatic N) is 1. The van der Waals surface area contributed by atoms with Gasteiger partial charge in [0.2, 0.25) is 0 Å². The molecule has 0 saturated carbocycles. The third kappa shape index (κ3) is 2.64. The van der Waals surface area contributed by atoms with Crippen molar-refractivity contribution in [3.8, 4) is 5.75 Å². The van der Waals surface area contributed by atoms with Gasteiger partial charge in [-0.05, 0) is 29.8 Å². The van der Waals surface area contributed by atoms with E-state index in [1.54, 1.807) is 18.3 Å². The van der Waals surface area contributed by atoms with Crippen molar-refractivity contribution in [1.82, 2.24) is 4.98 Å². The van der Waals surface area contributed by atoms with Gasteiger partial charge >= 0.3 is 0 Å². The molecule has 0 saturated heterocycles. The minimum Gasteiger partial charge on any atom is -0.487 e. The number of hydrogen-bond donors (Lipinski definition) is 1. The lowest BCUT2D eigenvalue weighted by molar-refractivity contribution is 0.308. The zero-order valence-corrected chi connectivity index (χ0v) is 9.32. The molecule has 0 spiro atoms. The Morgan fingerprint density at radius 2 is 2.06 bits per heavy atom. The van der Waals surface area contributed by atoms with Crippen molar-refractivity contribution >= 4 is 17.3 Å². The molecule has 0 fully saturated rings. The molecule has 0 atom stereocenters. The summed E-state index contributed by atoms with van der Waals surface area (Å²) in [5.74, 6) is 0.676. The van der Waals surface area contributed by atoms with Gasteiger partial charge in [0.15, 0.2) is 0 Å². The third-order valence-corrected chi connectivity index (χ3v) is 2.31. The van der Waals surface area contributed by atoms with Gasteiger partial charge in [0.25, 0.3) is 0 Å². The Morgan fingerprint density at radius 3 is 2.81 bits per heavy atom.